The summed E-state index contributed by atoms with van der Waals surface area (Å²) in [4.78, 5) is 10.00. The topological polar surface area (TPSA) is 35.5 Å². The molecule has 0 amide bonds. The normalized spacial score (nSPS) is 22.7. The van der Waals surface area contributed by atoms with Crippen molar-refractivity contribution < 1.29 is 14.3 Å². The molecule has 0 saturated carbocycles. The number of carbonyl (C=O) groups is 1. The molecule has 80 valence electrons. The molecule has 0 bridgehead atoms. The predicted molar refractivity (Wildman–Crippen MR) is 54.0 cm³/mol. The fourth-order valence-corrected chi connectivity index (χ4v) is 1.36. The number of aldehydes is 1. The third kappa shape index (κ3) is 5.14. The van der Waals surface area contributed by atoms with E-state index < -0.39 is 0 Å². The summed E-state index contributed by atoms with van der Waals surface area (Å²) in [6.07, 6.45) is 9.57. The first-order valence-electron chi connectivity index (χ1n) is 5.25. The molecule has 0 spiro atoms. The zero-order valence-electron chi connectivity index (χ0n) is 8.48. The molecule has 1 unspecified atom stereocenters. The van der Waals surface area contributed by atoms with E-state index in [2.05, 4.69) is 0 Å². The molecule has 1 rings (SSSR count). The molecule has 1 heterocycles. The lowest BCUT2D eigenvalue weighted by molar-refractivity contribution is -0.155. The molecule has 14 heavy (non-hydrogen) atoms. The highest BCUT2D eigenvalue weighted by atomic mass is 16.7. The van der Waals surface area contributed by atoms with Gasteiger partial charge in [0.15, 0.2) is 6.29 Å². The highest BCUT2D eigenvalue weighted by molar-refractivity contribution is 5.49. The lowest BCUT2D eigenvalue weighted by atomic mass is 10.2. The summed E-state index contributed by atoms with van der Waals surface area (Å²) >= 11 is 0. The van der Waals surface area contributed by atoms with E-state index in [4.69, 9.17) is 9.47 Å². The van der Waals surface area contributed by atoms with E-state index in [1.165, 1.54) is 6.42 Å². The molecule has 1 aliphatic heterocycles. The zero-order valence-corrected chi connectivity index (χ0v) is 8.48. The number of unbranched alkanes of at least 4 members (excludes halogenated alkanes) is 1. The maximum Gasteiger partial charge on any atom is 0.157 e. The van der Waals surface area contributed by atoms with Gasteiger partial charge in [-0.25, -0.2) is 0 Å². The second-order valence-electron chi connectivity index (χ2n) is 3.34. The Morgan fingerprint density at radius 1 is 1.29 bits per heavy atom. The summed E-state index contributed by atoms with van der Waals surface area (Å²) in [6.45, 7) is 1.41. The minimum atomic E-state index is -0.0144. The Balaban J connectivity index is 1.96. The number of hydrogen-bond acceptors (Lipinski definition) is 3. The van der Waals surface area contributed by atoms with Crippen LogP contribution in [0.5, 0.6) is 0 Å². The molecule has 3 heteroatoms. The first kappa shape index (κ1) is 11.4. The average molecular weight is 198 g/mol. The molecular formula is C11H18O3. The SMILES string of the molecule is O=CCC/C=C/COC1CCCCO1. The Bertz CT molecular complexity index is 171. The third-order valence-electron chi connectivity index (χ3n) is 2.13. The van der Waals surface area contributed by atoms with Gasteiger partial charge in [0, 0.05) is 13.0 Å². The Labute approximate surface area is 85.1 Å². The van der Waals surface area contributed by atoms with Crippen LogP contribution < -0.4 is 0 Å². The minimum Gasteiger partial charge on any atom is -0.353 e. The first-order chi connectivity index (χ1) is 6.93. The van der Waals surface area contributed by atoms with Crippen LogP contribution in [0.25, 0.3) is 0 Å². The highest BCUT2D eigenvalue weighted by Gasteiger charge is 2.12. The van der Waals surface area contributed by atoms with Crippen LogP contribution in [-0.2, 0) is 14.3 Å². The van der Waals surface area contributed by atoms with Crippen molar-refractivity contribution in [1.82, 2.24) is 0 Å². The van der Waals surface area contributed by atoms with E-state index in [-0.39, 0.29) is 6.29 Å². The highest BCUT2D eigenvalue weighted by Crippen LogP contribution is 2.13. The van der Waals surface area contributed by atoms with Crippen molar-refractivity contribution in [3.05, 3.63) is 12.2 Å². The Hall–Kier alpha value is -0.670. The van der Waals surface area contributed by atoms with E-state index in [0.29, 0.717) is 13.0 Å². The average Bonchev–Trinajstić information content (AvgIpc) is 2.25. The summed E-state index contributed by atoms with van der Waals surface area (Å²) < 4.78 is 10.9. The number of ether oxygens (including phenoxy) is 2. The van der Waals surface area contributed by atoms with Crippen LogP contribution in [0.15, 0.2) is 12.2 Å². The quantitative estimate of drug-likeness (QED) is 0.372. The van der Waals surface area contributed by atoms with Crippen LogP contribution in [0.3, 0.4) is 0 Å². The molecule has 0 aromatic heterocycles. The van der Waals surface area contributed by atoms with E-state index in [9.17, 15) is 4.79 Å². The maximum absolute atomic E-state index is 10.00. The van der Waals surface area contributed by atoms with Gasteiger partial charge in [0.25, 0.3) is 0 Å². The van der Waals surface area contributed by atoms with Crippen LogP contribution >= 0.6 is 0 Å². The van der Waals surface area contributed by atoms with E-state index in [1.54, 1.807) is 0 Å². The molecule has 1 aliphatic rings. The Morgan fingerprint density at radius 3 is 2.93 bits per heavy atom. The van der Waals surface area contributed by atoms with Crippen molar-refractivity contribution in [2.75, 3.05) is 13.2 Å². The molecule has 1 atom stereocenters. The van der Waals surface area contributed by atoms with Crippen LogP contribution in [0.2, 0.25) is 0 Å². The van der Waals surface area contributed by atoms with Crippen LogP contribution in [-0.4, -0.2) is 25.8 Å². The zero-order chi connectivity index (χ0) is 10.1. The third-order valence-corrected chi connectivity index (χ3v) is 2.13. The van der Waals surface area contributed by atoms with Crippen LogP contribution in [0.1, 0.15) is 32.1 Å². The minimum absolute atomic E-state index is 0.0144. The van der Waals surface area contributed by atoms with Crippen molar-refractivity contribution in [2.45, 2.75) is 38.4 Å². The second-order valence-corrected chi connectivity index (χ2v) is 3.34. The molecule has 1 saturated heterocycles. The van der Waals surface area contributed by atoms with Gasteiger partial charge in [0.1, 0.15) is 6.29 Å². The number of allylic oxidation sites excluding steroid dienone is 1. The van der Waals surface area contributed by atoms with Gasteiger partial charge in [-0.15, -0.1) is 0 Å². The summed E-state index contributed by atoms with van der Waals surface area (Å²) in [5, 5.41) is 0. The molecular weight excluding hydrogens is 180 g/mol. The lowest BCUT2D eigenvalue weighted by Gasteiger charge is -2.21. The molecule has 0 radical (unpaired) electrons. The number of hydrogen-bond donors (Lipinski definition) is 0. The van der Waals surface area contributed by atoms with Crippen molar-refractivity contribution >= 4 is 6.29 Å². The molecule has 0 aliphatic carbocycles. The maximum atomic E-state index is 10.00. The van der Waals surface area contributed by atoms with Gasteiger partial charge in [0.2, 0.25) is 0 Å². The van der Waals surface area contributed by atoms with Gasteiger partial charge in [0.05, 0.1) is 6.61 Å². The standard InChI is InChI=1S/C11H18O3/c12-8-4-1-2-5-9-13-11-7-3-6-10-14-11/h2,5,8,11H,1,3-4,6-7,9-10H2/b5-2+. The molecule has 3 nitrogen and oxygen atoms in total. The molecule has 1 fully saturated rings. The van der Waals surface area contributed by atoms with Gasteiger partial charge in [-0.1, -0.05) is 12.2 Å². The summed E-state index contributed by atoms with van der Waals surface area (Å²) in [5.41, 5.74) is 0. The molecule has 0 aromatic rings. The Kier molecular flexibility index (Phi) is 6.28. The molecule has 0 N–H and O–H groups in total. The van der Waals surface area contributed by atoms with Crippen molar-refractivity contribution in [3.63, 3.8) is 0 Å². The summed E-state index contributed by atoms with van der Waals surface area (Å²) in [6, 6.07) is 0. The molecule has 0 aromatic carbocycles. The van der Waals surface area contributed by atoms with Gasteiger partial charge >= 0.3 is 0 Å². The Morgan fingerprint density at radius 2 is 2.21 bits per heavy atom. The van der Waals surface area contributed by atoms with Gasteiger partial charge in [-0.05, 0) is 25.7 Å². The van der Waals surface area contributed by atoms with E-state index in [0.717, 1.165) is 32.2 Å². The predicted octanol–water partition coefficient (Wildman–Crippen LogP) is 2.06. The second kappa shape index (κ2) is 7.71. The van der Waals surface area contributed by atoms with Crippen LogP contribution in [0.4, 0.5) is 0 Å². The number of rotatable bonds is 6. The van der Waals surface area contributed by atoms with E-state index >= 15 is 0 Å². The fraction of sp³-hybridized carbons (Fsp3) is 0.727. The van der Waals surface area contributed by atoms with Crippen molar-refractivity contribution in [1.29, 1.82) is 0 Å². The lowest BCUT2D eigenvalue weighted by Crippen LogP contribution is -2.22. The number of carbonyl (C=O) groups excluding carboxylic acids is 1. The summed E-state index contributed by atoms with van der Waals surface area (Å²) in [7, 11) is 0. The van der Waals surface area contributed by atoms with E-state index in [1.807, 2.05) is 12.2 Å². The van der Waals surface area contributed by atoms with Gasteiger partial charge in [-0.2, -0.15) is 0 Å². The van der Waals surface area contributed by atoms with Gasteiger partial charge < -0.3 is 14.3 Å². The largest absolute Gasteiger partial charge is 0.353 e. The fourth-order valence-electron chi connectivity index (χ4n) is 1.36. The van der Waals surface area contributed by atoms with Crippen LogP contribution in [0, 0.1) is 0 Å². The van der Waals surface area contributed by atoms with Crippen molar-refractivity contribution in [3.8, 4) is 0 Å². The smallest absolute Gasteiger partial charge is 0.157 e. The summed E-state index contributed by atoms with van der Waals surface area (Å²) in [5.74, 6) is 0. The van der Waals surface area contributed by atoms with Gasteiger partial charge in [-0.3, -0.25) is 0 Å². The van der Waals surface area contributed by atoms with Crippen molar-refractivity contribution in [2.24, 2.45) is 0 Å². The first-order valence-corrected chi connectivity index (χ1v) is 5.25. The monoisotopic (exact) mass is 198 g/mol.